The van der Waals surface area contributed by atoms with Crippen molar-refractivity contribution in [3.05, 3.63) is 71.6 Å². The molecule has 4 rings (SSSR count). The van der Waals surface area contributed by atoms with E-state index in [2.05, 4.69) is 25.3 Å². The van der Waals surface area contributed by atoms with E-state index < -0.39 is 0 Å². The zero-order valence-electron chi connectivity index (χ0n) is 16.8. The van der Waals surface area contributed by atoms with Crippen molar-refractivity contribution in [2.75, 3.05) is 44.8 Å². The lowest BCUT2D eigenvalue weighted by Gasteiger charge is -2.39. The Hall–Kier alpha value is -2.91. The summed E-state index contributed by atoms with van der Waals surface area (Å²) in [7, 11) is 1.64. The van der Waals surface area contributed by atoms with Crippen LogP contribution < -0.4 is 4.90 Å². The first-order valence-electron chi connectivity index (χ1n) is 9.91. The van der Waals surface area contributed by atoms with Crippen molar-refractivity contribution in [1.29, 1.82) is 0 Å². The van der Waals surface area contributed by atoms with Gasteiger partial charge in [-0.3, -0.25) is 4.90 Å². The largest absolute Gasteiger partial charge is 0.383 e. The molecule has 3 aromatic rings. The molecule has 7 nitrogen and oxygen atoms in total. The van der Waals surface area contributed by atoms with Crippen LogP contribution in [-0.2, 0) is 11.3 Å². The smallest absolute Gasteiger partial charge is 0.173 e. The highest BCUT2D eigenvalue weighted by Gasteiger charge is 2.30. The lowest BCUT2D eigenvalue weighted by Crippen LogP contribution is -2.48. The Morgan fingerprint density at radius 3 is 2.20 bits per heavy atom. The van der Waals surface area contributed by atoms with Gasteiger partial charge in [0.1, 0.15) is 11.6 Å². The highest BCUT2D eigenvalue weighted by molar-refractivity contribution is 5.46. The van der Waals surface area contributed by atoms with E-state index in [1.165, 1.54) is 24.3 Å². The summed E-state index contributed by atoms with van der Waals surface area (Å²) in [6, 6.07) is 12.8. The van der Waals surface area contributed by atoms with Crippen LogP contribution in [0.5, 0.6) is 0 Å². The second-order valence-electron chi connectivity index (χ2n) is 7.21. The SMILES string of the molecule is COCCn1nnnc1C(c1ccc(F)cc1)N1CCN(c2ccc(F)cc2)CC1. The molecule has 0 saturated carbocycles. The van der Waals surface area contributed by atoms with Gasteiger partial charge in [-0.2, -0.15) is 0 Å². The molecule has 1 unspecified atom stereocenters. The van der Waals surface area contributed by atoms with Gasteiger partial charge in [0, 0.05) is 39.0 Å². The van der Waals surface area contributed by atoms with Crippen molar-refractivity contribution >= 4 is 5.69 Å². The molecule has 0 aliphatic carbocycles. The van der Waals surface area contributed by atoms with E-state index in [9.17, 15) is 8.78 Å². The molecule has 1 aliphatic rings. The quantitative estimate of drug-likeness (QED) is 0.592. The summed E-state index contributed by atoms with van der Waals surface area (Å²) in [5, 5.41) is 12.3. The molecule has 2 heterocycles. The number of hydrogen-bond acceptors (Lipinski definition) is 6. The number of methoxy groups -OCH3 is 1. The maximum Gasteiger partial charge on any atom is 0.173 e. The highest BCUT2D eigenvalue weighted by atomic mass is 19.1. The summed E-state index contributed by atoms with van der Waals surface area (Å²) in [4.78, 5) is 4.52. The maximum absolute atomic E-state index is 13.5. The third-order valence-electron chi connectivity index (χ3n) is 5.37. The predicted molar refractivity (Wildman–Crippen MR) is 108 cm³/mol. The molecular formula is C21H24F2N6O. The zero-order chi connectivity index (χ0) is 20.9. The van der Waals surface area contributed by atoms with Gasteiger partial charge < -0.3 is 9.64 Å². The predicted octanol–water partition coefficient (Wildman–Crippen LogP) is 2.51. The van der Waals surface area contributed by atoms with E-state index in [1.807, 2.05) is 0 Å². The topological polar surface area (TPSA) is 59.3 Å². The van der Waals surface area contributed by atoms with Crippen molar-refractivity contribution in [3.8, 4) is 0 Å². The highest BCUT2D eigenvalue weighted by Crippen LogP contribution is 2.29. The summed E-state index contributed by atoms with van der Waals surface area (Å²) in [6.45, 7) is 4.11. The van der Waals surface area contributed by atoms with E-state index in [0.29, 0.717) is 19.0 Å². The Morgan fingerprint density at radius 1 is 0.933 bits per heavy atom. The minimum Gasteiger partial charge on any atom is -0.383 e. The first-order valence-corrected chi connectivity index (χ1v) is 9.91. The van der Waals surface area contributed by atoms with Gasteiger partial charge in [0.25, 0.3) is 0 Å². The van der Waals surface area contributed by atoms with Crippen LogP contribution in [0.4, 0.5) is 14.5 Å². The Bertz CT molecular complexity index is 939. The van der Waals surface area contributed by atoms with Gasteiger partial charge in [0.05, 0.1) is 19.2 Å². The number of piperazine rings is 1. The van der Waals surface area contributed by atoms with E-state index in [0.717, 1.165) is 37.4 Å². The average Bonchev–Trinajstić information content (AvgIpc) is 3.23. The van der Waals surface area contributed by atoms with Crippen molar-refractivity contribution in [2.45, 2.75) is 12.6 Å². The zero-order valence-corrected chi connectivity index (χ0v) is 16.8. The number of benzene rings is 2. The van der Waals surface area contributed by atoms with Crippen molar-refractivity contribution in [2.24, 2.45) is 0 Å². The minimum absolute atomic E-state index is 0.201. The van der Waals surface area contributed by atoms with Gasteiger partial charge in [-0.1, -0.05) is 12.1 Å². The Labute approximate surface area is 173 Å². The summed E-state index contributed by atoms with van der Waals surface area (Å²) in [5.74, 6) is 0.183. The van der Waals surface area contributed by atoms with Crippen LogP contribution in [-0.4, -0.2) is 65.0 Å². The van der Waals surface area contributed by atoms with Gasteiger partial charge in [-0.05, 0) is 52.4 Å². The molecule has 158 valence electrons. The van der Waals surface area contributed by atoms with E-state index in [-0.39, 0.29) is 17.7 Å². The van der Waals surface area contributed by atoms with Crippen molar-refractivity contribution < 1.29 is 13.5 Å². The first kappa shape index (κ1) is 20.4. The van der Waals surface area contributed by atoms with Crippen molar-refractivity contribution in [3.63, 3.8) is 0 Å². The maximum atomic E-state index is 13.5. The van der Waals surface area contributed by atoms with Crippen molar-refractivity contribution in [1.82, 2.24) is 25.1 Å². The number of nitrogens with zero attached hydrogens (tertiary/aromatic N) is 6. The van der Waals surface area contributed by atoms with Gasteiger partial charge in [0.15, 0.2) is 5.82 Å². The lowest BCUT2D eigenvalue weighted by atomic mass is 10.0. The van der Waals surface area contributed by atoms with Crippen LogP contribution >= 0.6 is 0 Å². The number of hydrogen-bond donors (Lipinski definition) is 0. The standard InChI is InChI=1S/C21H24F2N6O/c1-30-15-14-29-21(24-25-26-29)20(16-2-4-17(22)5-3-16)28-12-10-27(11-13-28)19-8-6-18(23)7-9-19/h2-9,20H,10-15H2,1H3. The number of aromatic nitrogens is 4. The number of anilines is 1. The molecular weight excluding hydrogens is 390 g/mol. The fraction of sp³-hybridized carbons (Fsp3) is 0.381. The fourth-order valence-corrected chi connectivity index (χ4v) is 3.80. The van der Waals surface area contributed by atoms with Gasteiger partial charge in [0.2, 0.25) is 0 Å². The molecule has 9 heteroatoms. The molecule has 0 spiro atoms. The molecule has 0 bridgehead atoms. The van der Waals surface area contributed by atoms with Crippen LogP contribution in [0.2, 0.25) is 0 Å². The average molecular weight is 414 g/mol. The summed E-state index contributed by atoms with van der Waals surface area (Å²) in [5.41, 5.74) is 1.93. The molecule has 30 heavy (non-hydrogen) atoms. The fourth-order valence-electron chi connectivity index (χ4n) is 3.80. The minimum atomic E-state index is -0.280. The van der Waals surface area contributed by atoms with Crippen LogP contribution in [0.25, 0.3) is 0 Å². The van der Waals surface area contributed by atoms with Crippen LogP contribution in [0.1, 0.15) is 17.4 Å². The molecule has 1 fully saturated rings. The molecule has 0 N–H and O–H groups in total. The molecule has 1 atom stereocenters. The van der Waals surface area contributed by atoms with Gasteiger partial charge in [-0.25, -0.2) is 13.5 Å². The van der Waals surface area contributed by atoms with E-state index in [1.54, 1.807) is 36.1 Å². The van der Waals surface area contributed by atoms with E-state index in [4.69, 9.17) is 4.74 Å². The molecule has 1 saturated heterocycles. The second kappa shape index (κ2) is 9.27. The molecule has 0 radical (unpaired) electrons. The monoisotopic (exact) mass is 414 g/mol. The van der Waals surface area contributed by atoms with E-state index >= 15 is 0 Å². The first-order chi connectivity index (χ1) is 14.7. The number of rotatable bonds is 7. The van der Waals surface area contributed by atoms with Gasteiger partial charge in [-0.15, -0.1) is 5.10 Å². The second-order valence-corrected chi connectivity index (χ2v) is 7.21. The summed E-state index contributed by atoms with van der Waals surface area (Å²) < 4.78 is 33.7. The Morgan fingerprint density at radius 2 is 1.57 bits per heavy atom. The normalized spacial score (nSPS) is 16.0. The van der Waals surface area contributed by atoms with Crippen LogP contribution in [0.3, 0.4) is 0 Å². The molecule has 0 amide bonds. The summed E-state index contributed by atoms with van der Waals surface area (Å²) >= 11 is 0. The number of ether oxygens (including phenoxy) is 1. The third kappa shape index (κ3) is 4.47. The molecule has 1 aliphatic heterocycles. The lowest BCUT2D eigenvalue weighted by molar-refractivity contribution is 0.171. The summed E-state index contributed by atoms with van der Waals surface area (Å²) in [6.07, 6.45) is 0. The third-order valence-corrected chi connectivity index (χ3v) is 5.37. The Kier molecular flexibility index (Phi) is 6.29. The number of tetrazole rings is 1. The molecule has 1 aromatic heterocycles. The van der Waals surface area contributed by atoms with Crippen LogP contribution in [0, 0.1) is 11.6 Å². The number of halogens is 2. The van der Waals surface area contributed by atoms with Gasteiger partial charge >= 0.3 is 0 Å². The van der Waals surface area contributed by atoms with Crippen LogP contribution in [0.15, 0.2) is 48.5 Å². The Balaban J connectivity index is 1.57. The molecule has 2 aromatic carbocycles.